The molecular weight excluding hydrogens is 631 g/mol. The Labute approximate surface area is 274 Å². The van der Waals surface area contributed by atoms with Crippen molar-refractivity contribution in [3.8, 4) is 11.5 Å². The van der Waals surface area contributed by atoms with Crippen molar-refractivity contribution in [3.63, 3.8) is 0 Å². The largest absolute Gasteiger partial charge is 0.496 e. The number of aliphatic carboxylic acids is 1. The molecule has 0 aliphatic carbocycles. The standard InChI is InChI=1S/C35H36F3N3O7/c1-47-31-17-25(8-11-33(42)43)18-32(48-2)28(31)16-23-12-14-39(15-13-23)22-34(44,35(36,37)38)29-21-40(20-24-6-4-3-5-7-24)30-19-26(41(45)46)9-10-27(29)30/h3-11,17-19,21,23,44H,12-16,20,22H2,1-2H3,(H,42,43). The summed E-state index contributed by atoms with van der Waals surface area (Å²) < 4.78 is 57.4. The van der Waals surface area contributed by atoms with Gasteiger partial charge in [0.25, 0.3) is 5.69 Å². The monoisotopic (exact) mass is 667 g/mol. The number of nitro groups is 1. The minimum atomic E-state index is -5.05. The number of non-ortho nitro benzene ring substituents is 1. The highest BCUT2D eigenvalue weighted by atomic mass is 19.4. The van der Waals surface area contributed by atoms with Crippen molar-refractivity contribution in [3.05, 3.63) is 105 Å². The summed E-state index contributed by atoms with van der Waals surface area (Å²) in [7, 11) is 3.00. The van der Waals surface area contributed by atoms with Crippen molar-refractivity contribution in [1.82, 2.24) is 9.47 Å². The average Bonchev–Trinajstić information content (AvgIpc) is 3.42. The minimum Gasteiger partial charge on any atom is -0.496 e. The number of aliphatic hydroxyl groups is 1. The number of hydrogen-bond acceptors (Lipinski definition) is 7. The molecule has 1 aliphatic rings. The first-order chi connectivity index (χ1) is 22.8. The van der Waals surface area contributed by atoms with Gasteiger partial charge in [0, 0.05) is 54.0 Å². The molecule has 10 nitrogen and oxygen atoms in total. The molecule has 48 heavy (non-hydrogen) atoms. The van der Waals surface area contributed by atoms with Gasteiger partial charge in [0.1, 0.15) is 11.5 Å². The van der Waals surface area contributed by atoms with Gasteiger partial charge in [-0.1, -0.05) is 30.3 Å². The molecule has 1 aromatic heterocycles. The van der Waals surface area contributed by atoms with Gasteiger partial charge in [0.15, 0.2) is 0 Å². The molecule has 1 fully saturated rings. The average molecular weight is 668 g/mol. The fraction of sp³-hybridized carbons (Fsp3) is 0.343. The van der Waals surface area contributed by atoms with Crippen molar-refractivity contribution in [2.75, 3.05) is 33.9 Å². The van der Waals surface area contributed by atoms with Crippen LogP contribution in [0.25, 0.3) is 17.0 Å². The summed E-state index contributed by atoms with van der Waals surface area (Å²) in [6.45, 7) is 0.0337. The molecular formula is C35H36F3N3O7. The van der Waals surface area contributed by atoms with Gasteiger partial charge in [-0.15, -0.1) is 0 Å². The van der Waals surface area contributed by atoms with Crippen LogP contribution in [0.3, 0.4) is 0 Å². The number of likely N-dealkylation sites (tertiary alicyclic amines) is 1. The van der Waals surface area contributed by atoms with Crippen molar-refractivity contribution < 1.29 is 42.6 Å². The molecule has 1 aliphatic heterocycles. The van der Waals surface area contributed by atoms with Crippen LogP contribution in [0.1, 0.15) is 35.1 Å². The quantitative estimate of drug-likeness (QED) is 0.101. The third kappa shape index (κ3) is 7.32. The topological polar surface area (TPSA) is 127 Å². The summed E-state index contributed by atoms with van der Waals surface area (Å²) in [5.74, 6) is 0.0145. The smallest absolute Gasteiger partial charge is 0.422 e. The van der Waals surface area contributed by atoms with Gasteiger partial charge >= 0.3 is 12.1 Å². The lowest BCUT2D eigenvalue weighted by molar-refractivity contribution is -0.384. The lowest BCUT2D eigenvalue weighted by Gasteiger charge is -2.39. The Kier molecular flexibility index (Phi) is 10.1. The molecule has 4 aromatic rings. The molecule has 0 spiro atoms. The number of aromatic nitrogens is 1. The highest BCUT2D eigenvalue weighted by Gasteiger charge is 2.57. The number of halogens is 3. The Balaban J connectivity index is 1.39. The number of nitro benzene ring substituents is 1. The number of benzene rings is 3. The van der Waals surface area contributed by atoms with Gasteiger partial charge in [-0.3, -0.25) is 15.0 Å². The van der Waals surface area contributed by atoms with Crippen LogP contribution < -0.4 is 9.47 Å². The fourth-order valence-corrected chi connectivity index (χ4v) is 6.39. The Morgan fingerprint density at radius 1 is 1.04 bits per heavy atom. The molecule has 3 aromatic carbocycles. The van der Waals surface area contributed by atoms with Crippen LogP contribution >= 0.6 is 0 Å². The molecule has 1 atom stereocenters. The number of carboxylic acid groups (broad SMARTS) is 1. The predicted molar refractivity (Wildman–Crippen MR) is 173 cm³/mol. The number of fused-ring (bicyclic) bond motifs is 1. The van der Waals surface area contributed by atoms with Crippen molar-refractivity contribution >= 4 is 28.6 Å². The summed E-state index contributed by atoms with van der Waals surface area (Å²) in [6.07, 6.45) is 0.267. The van der Waals surface area contributed by atoms with E-state index in [0.29, 0.717) is 49.4 Å². The van der Waals surface area contributed by atoms with E-state index in [-0.39, 0.29) is 34.6 Å². The van der Waals surface area contributed by atoms with E-state index in [9.17, 15) is 33.2 Å². The summed E-state index contributed by atoms with van der Waals surface area (Å²) in [5.41, 5.74) is -1.51. The number of rotatable bonds is 12. The maximum Gasteiger partial charge on any atom is 0.422 e. The van der Waals surface area contributed by atoms with Crippen LogP contribution in [0.2, 0.25) is 0 Å². The summed E-state index contributed by atoms with van der Waals surface area (Å²) in [5, 5.41) is 32.2. The summed E-state index contributed by atoms with van der Waals surface area (Å²) in [6, 6.07) is 16.1. The molecule has 2 N–H and O–H groups in total. The van der Waals surface area contributed by atoms with E-state index >= 15 is 0 Å². The van der Waals surface area contributed by atoms with Gasteiger partial charge in [-0.2, -0.15) is 13.2 Å². The van der Waals surface area contributed by atoms with Crippen LogP contribution in [-0.4, -0.2) is 70.6 Å². The van der Waals surface area contributed by atoms with E-state index in [1.165, 1.54) is 43.2 Å². The summed E-state index contributed by atoms with van der Waals surface area (Å²) >= 11 is 0. The third-order valence-electron chi connectivity index (χ3n) is 8.89. The van der Waals surface area contributed by atoms with E-state index in [0.717, 1.165) is 23.3 Å². The lowest BCUT2D eigenvalue weighted by atomic mass is 9.87. The van der Waals surface area contributed by atoms with E-state index in [4.69, 9.17) is 14.6 Å². The predicted octanol–water partition coefficient (Wildman–Crippen LogP) is 6.42. The van der Waals surface area contributed by atoms with Crippen molar-refractivity contribution in [1.29, 1.82) is 0 Å². The molecule has 5 rings (SSSR count). The Bertz CT molecular complexity index is 1790. The normalized spacial score (nSPS) is 15.9. The zero-order chi connectivity index (χ0) is 34.6. The molecule has 254 valence electrons. The van der Waals surface area contributed by atoms with Crippen LogP contribution in [0.15, 0.2) is 72.9 Å². The number of ether oxygens (including phenoxy) is 2. The molecule has 1 unspecified atom stereocenters. The summed E-state index contributed by atoms with van der Waals surface area (Å²) in [4.78, 5) is 23.5. The first kappa shape index (κ1) is 34.5. The van der Waals surface area contributed by atoms with E-state index in [2.05, 4.69) is 0 Å². The second kappa shape index (κ2) is 14.1. The lowest BCUT2D eigenvalue weighted by Crippen LogP contribution is -2.52. The number of carbonyl (C=O) groups is 1. The maximum absolute atomic E-state index is 14.9. The number of hydrogen-bond donors (Lipinski definition) is 2. The number of nitrogens with zero attached hydrogens (tertiary/aromatic N) is 3. The number of carboxylic acids is 1. The molecule has 0 saturated carbocycles. The fourth-order valence-electron chi connectivity index (χ4n) is 6.39. The van der Waals surface area contributed by atoms with E-state index < -0.39 is 29.2 Å². The second-order valence-electron chi connectivity index (χ2n) is 12.0. The number of alkyl halides is 3. The van der Waals surface area contributed by atoms with Gasteiger partial charge in [0.2, 0.25) is 5.60 Å². The highest BCUT2D eigenvalue weighted by Crippen LogP contribution is 2.45. The highest BCUT2D eigenvalue weighted by molar-refractivity contribution is 5.87. The van der Waals surface area contributed by atoms with Gasteiger partial charge < -0.3 is 24.3 Å². The van der Waals surface area contributed by atoms with Crippen LogP contribution in [-0.2, 0) is 23.4 Å². The first-order valence-electron chi connectivity index (χ1n) is 15.3. The molecule has 13 heteroatoms. The van der Waals surface area contributed by atoms with Crippen LogP contribution in [0.5, 0.6) is 11.5 Å². The molecule has 0 amide bonds. The molecule has 0 bridgehead atoms. The van der Waals surface area contributed by atoms with Crippen LogP contribution in [0, 0.1) is 16.0 Å². The van der Waals surface area contributed by atoms with E-state index in [1.807, 2.05) is 6.07 Å². The van der Waals surface area contributed by atoms with Gasteiger partial charge in [-0.25, -0.2) is 4.79 Å². The van der Waals surface area contributed by atoms with Crippen molar-refractivity contribution in [2.45, 2.75) is 37.6 Å². The van der Waals surface area contributed by atoms with Crippen molar-refractivity contribution in [2.24, 2.45) is 5.92 Å². The molecule has 0 radical (unpaired) electrons. The first-order valence-corrected chi connectivity index (χ1v) is 15.3. The van der Waals surface area contributed by atoms with Crippen LogP contribution in [0.4, 0.5) is 18.9 Å². The van der Waals surface area contributed by atoms with Gasteiger partial charge in [0.05, 0.1) is 24.7 Å². The van der Waals surface area contributed by atoms with Gasteiger partial charge in [-0.05, 0) is 73.7 Å². The zero-order valence-electron chi connectivity index (χ0n) is 26.4. The Hall–Kier alpha value is -4.88. The number of piperidine rings is 1. The number of β-amino-alcohol motifs (C(OH)–C–C–N with tert-alkyl or cyclic N) is 1. The Morgan fingerprint density at radius 2 is 1.69 bits per heavy atom. The number of methoxy groups -OCH3 is 2. The Morgan fingerprint density at radius 3 is 2.25 bits per heavy atom. The zero-order valence-corrected chi connectivity index (χ0v) is 26.4. The molecule has 2 heterocycles. The van der Waals surface area contributed by atoms with E-state index in [1.54, 1.807) is 41.3 Å². The second-order valence-corrected chi connectivity index (χ2v) is 12.0. The third-order valence-corrected chi connectivity index (χ3v) is 8.89. The minimum absolute atomic E-state index is 0.0803. The maximum atomic E-state index is 14.9. The SMILES string of the molecule is COc1cc(C=CC(=O)O)cc(OC)c1CC1CCN(CC(O)(c2cn(Cc3ccccc3)c3cc([N+](=O)[O-])ccc23)C(F)(F)F)CC1. The molecule has 1 saturated heterocycles.